The van der Waals surface area contributed by atoms with Gasteiger partial charge in [0.05, 0.1) is 0 Å². The predicted octanol–water partition coefficient (Wildman–Crippen LogP) is 3.52. The molecule has 3 atom stereocenters. The standard InChI is InChI=1S/C15H22FN/c1-2-11-5-8-15(17)13(9-11)10-12-3-6-14(16)7-4-12/h3-4,6-7,11,13,15H,2,5,8-10,17H2,1H3. The zero-order valence-corrected chi connectivity index (χ0v) is 10.5. The molecule has 3 unspecified atom stereocenters. The maximum absolute atomic E-state index is 12.8. The van der Waals surface area contributed by atoms with Crippen molar-refractivity contribution in [3.63, 3.8) is 0 Å². The average Bonchev–Trinajstić information content (AvgIpc) is 2.35. The van der Waals surface area contributed by atoms with E-state index in [2.05, 4.69) is 6.92 Å². The summed E-state index contributed by atoms with van der Waals surface area (Å²) in [4.78, 5) is 0. The summed E-state index contributed by atoms with van der Waals surface area (Å²) in [6, 6.07) is 7.18. The fraction of sp³-hybridized carbons (Fsp3) is 0.600. The van der Waals surface area contributed by atoms with Crippen molar-refractivity contribution in [1.82, 2.24) is 0 Å². The van der Waals surface area contributed by atoms with Gasteiger partial charge in [-0.05, 0) is 55.2 Å². The molecule has 2 rings (SSSR count). The van der Waals surface area contributed by atoms with Gasteiger partial charge < -0.3 is 5.73 Å². The zero-order valence-electron chi connectivity index (χ0n) is 10.5. The minimum atomic E-state index is -0.159. The predicted molar refractivity (Wildman–Crippen MR) is 69.2 cm³/mol. The van der Waals surface area contributed by atoms with Crippen LogP contribution in [0.4, 0.5) is 4.39 Å². The SMILES string of the molecule is CCC1CCC(N)C(Cc2ccc(F)cc2)C1. The van der Waals surface area contributed by atoms with Gasteiger partial charge in [0.15, 0.2) is 0 Å². The Morgan fingerprint density at radius 1 is 1.24 bits per heavy atom. The lowest BCUT2D eigenvalue weighted by Crippen LogP contribution is -2.37. The van der Waals surface area contributed by atoms with Crippen LogP contribution in [-0.2, 0) is 6.42 Å². The molecule has 0 aliphatic heterocycles. The van der Waals surface area contributed by atoms with E-state index in [4.69, 9.17) is 5.73 Å². The second-order valence-corrected chi connectivity index (χ2v) is 5.34. The molecule has 2 N–H and O–H groups in total. The average molecular weight is 235 g/mol. The first-order valence-electron chi connectivity index (χ1n) is 6.69. The van der Waals surface area contributed by atoms with E-state index in [-0.39, 0.29) is 5.82 Å². The van der Waals surface area contributed by atoms with E-state index in [1.54, 1.807) is 12.1 Å². The van der Waals surface area contributed by atoms with Crippen molar-refractivity contribution >= 4 is 0 Å². The number of rotatable bonds is 3. The minimum absolute atomic E-state index is 0.159. The van der Waals surface area contributed by atoms with Crippen LogP contribution in [0, 0.1) is 17.7 Å². The van der Waals surface area contributed by atoms with Gasteiger partial charge in [0.25, 0.3) is 0 Å². The van der Waals surface area contributed by atoms with E-state index in [1.807, 2.05) is 12.1 Å². The number of nitrogens with two attached hydrogens (primary N) is 1. The first-order chi connectivity index (χ1) is 8.19. The molecule has 1 aromatic carbocycles. The summed E-state index contributed by atoms with van der Waals surface area (Å²) in [6.07, 6.45) is 5.90. The molecule has 2 heteroatoms. The molecular weight excluding hydrogens is 213 g/mol. The Morgan fingerprint density at radius 3 is 2.59 bits per heavy atom. The van der Waals surface area contributed by atoms with Gasteiger partial charge in [-0.1, -0.05) is 25.5 Å². The molecule has 0 bridgehead atoms. The number of hydrogen-bond donors (Lipinski definition) is 1. The highest BCUT2D eigenvalue weighted by Gasteiger charge is 2.27. The molecule has 17 heavy (non-hydrogen) atoms. The monoisotopic (exact) mass is 235 g/mol. The van der Waals surface area contributed by atoms with Gasteiger partial charge >= 0.3 is 0 Å². The van der Waals surface area contributed by atoms with Crippen LogP contribution in [0.2, 0.25) is 0 Å². The summed E-state index contributed by atoms with van der Waals surface area (Å²) in [7, 11) is 0. The van der Waals surface area contributed by atoms with Crippen LogP contribution in [0.5, 0.6) is 0 Å². The fourth-order valence-electron chi connectivity index (χ4n) is 2.91. The maximum atomic E-state index is 12.8. The first kappa shape index (κ1) is 12.6. The quantitative estimate of drug-likeness (QED) is 0.852. The van der Waals surface area contributed by atoms with Crippen molar-refractivity contribution in [3.8, 4) is 0 Å². The summed E-state index contributed by atoms with van der Waals surface area (Å²) in [5.74, 6) is 1.24. The number of hydrogen-bond acceptors (Lipinski definition) is 1. The highest BCUT2D eigenvalue weighted by Crippen LogP contribution is 2.32. The molecule has 0 heterocycles. The van der Waals surface area contributed by atoms with Gasteiger partial charge in [-0.25, -0.2) is 4.39 Å². The van der Waals surface area contributed by atoms with Gasteiger partial charge in [-0.3, -0.25) is 0 Å². The summed E-state index contributed by atoms with van der Waals surface area (Å²) in [6.45, 7) is 2.26. The summed E-state index contributed by atoms with van der Waals surface area (Å²) >= 11 is 0. The lowest BCUT2D eigenvalue weighted by atomic mass is 9.75. The van der Waals surface area contributed by atoms with Crippen molar-refractivity contribution in [1.29, 1.82) is 0 Å². The molecule has 1 aromatic rings. The smallest absolute Gasteiger partial charge is 0.123 e. The second kappa shape index (κ2) is 5.63. The first-order valence-corrected chi connectivity index (χ1v) is 6.69. The van der Waals surface area contributed by atoms with Crippen molar-refractivity contribution in [3.05, 3.63) is 35.6 Å². The van der Waals surface area contributed by atoms with Gasteiger partial charge in [0.1, 0.15) is 5.82 Å². The van der Waals surface area contributed by atoms with Crippen LogP contribution in [0.15, 0.2) is 24.3 Å². The van der Waals surface area contributed by atoms with Gasteiger partial charge in [-0.15, -0.1) is 0 Å². The van der Waals surface area contributed by atoms with E-state index in [9.17, 15) is 4.39 Å². The van der Waals surface area contributed by atoms with Crippen LogP contribution in [0.25, 0.3) is 0 Å². The highest BCUT2D eigenvalue weighted by atomic mass is 19.1. The fourth-order valence-corrected chi connectivity index (χ4v) is 2.91. The third-order valence-electron chi connectivity index (χ3n) is 4.14. The van der Waals surface area contributed by atoms with Crippen molar-refractivity contribution < 1.29 is 4.39 Å². The Morgan fingerprint density at radius 2 is 1.94 bits per heavy atom. The molecular formula is C15H22FN. The van der Waals surface area contributed by atoms with Crippen LogP contribution in [-0.4, -0.2) is 6.04 Å². The van der Waals surface area contributed by atoms with Gasteiger partial charge in [0, 0.05) is 6.04 Å². The number of halogens is 1. The Labute approximate surface area is 103 Å². The molecule has 1 nitrogen and oxygen atoms in total. The van der Waals surface area contributed by atoms with Crippen LogP contribution >= 0.6 is 0 Å². The minimum Gasteiger partial charge on any atom is -0.327 e. The molecule has 1 saturated carbocycles. The van der Waals surface area contributed by atoms with E-state index < -0.39 is 0 Å². The molecule has 0 spiro atoms. The summed E-state index contributed by atoms with van der Waals surface area (Å²) < 4.78 is 12.8. The van der Waals surface area contributed by atoms with Gasteiger partial charge in [-0.2, -0.15) is 0 Å². The normalized spacial score (nSPS) is 29.2. The Hall–Kier alpha value is -0.890. The van der Waals surface area contributed by atoms with Crippen molar-refractivity contribution in [2.45, 2.75) is 45.1 Å². The molecule has 1 fully saturated rings. The van der Waals surface area contributed by atoms with E-state index in [1.165, 1.54) is 24.8 Å². The lowest BCUT2D eigenvalue weighted by Gasteiger charge is -2.33. The molecule has 0 amide bonds. The second-order valence-electron chi connectivity index (χ2n) is 5.34. The van der Waals surface area contributed by atoms with Crippen molar-refractivity contribution in [2.24, 2.45) is 17.6 Å². The molecule has 0 aromatic heterocycles. The molecule has 94 valence electrons. The Bertz CT molecular complexity index is 346. The molecule has 1 aliphatic carbocycles. The summed E-state index contributed by atoms with van der Waals surface area (Å²) in [5.41, 5.74) is 7.41. The molecule has 0 radical (unpaired) electrons. The number of benzene rings is 1. The summed E-state index contributed by atoms with van der Waals surface area (Å²) in [5, 5.41) is 0. The van der Waals surface area contributed by atoms with E-state index >= 15 is 0 Å². The Balaban J connectivity index is 1.98. The van der Waals surface area contributed by atoms with Crippen LogP contribution in [0.1, 0.15) is 38.2 Å². The molecule has 1 aliphatic rings. The lowest BCUT2D eigenvalue weighted by molar-refractivity contribution is 0.227. The zero-order chi connectivity index (χ0) is 12.3. The van der Waals surface area contributed by atoms with Crippen LogP contribution in [0.3, 0.4) is 0 Å². The van der Waals surface area contributed by atoms with Crippen molar-refractivity contribution in [2.75, 3.05) is 0 Å². The van der Waals surface area contributed by atoms with E-state index in [0.717, 1.165) is 18.8 Å². The maximum Gasteiger partial charge on any atom is 0.123 e. The Kier molecular flexibility index (Phi) is 4.16. The third kappa shape index (κ3) is 3.29. The third-order valence-corrected chi connectivity index (χ3v) is 4.14. The highest BCUT2D eigenvalue weighted by molar-refractivity contribution is 5.17. The molecule has 0 saturated heterocycles. The van der Waals surface area contributed by atoms with Gasteiger partial charge in [0.2, 0.25) is 0 Å². The van der Waals surface area contributed by atoms with E-state index in [0.29, 0.717) is 12.0 Å². The van der Waals surface area contributed by atoms with Crippen LogP contribution < -0.4 is 5.73 Å². The largest absolute Gasteiger partial charge is 0.327 e. The topological polar surface area (TPSA) is 26.0 Å².